The van der Waals surface area contributed by atoms with Crippen LogP contribution < -0.4 is 24.8 Å². The number of hydrogen-bond donors (Lipinski definition) is 3. The van der Waals surface area contributed by atoms with E-state index in [-0.39, 0.29) is 25.5 Å². The van der Waals surface area contributed by atoms with Gasteiger partial charge in [0.05, 0.1) is 34.9 Å². The number of rotatable bonds is 9. The normalized spacial score (nSPS) is 27.0. The number of ether oxygens (including phenoxy) is 3. The SMILES string of the molecule is COc1ccc2oc3c(O[C@@H]4C[C@H]5C(=O)N[C@]6(C(=O)NS(=O)(=O)C7CC7)C[C@H]6/C=C\CCCCC[C@H](NC(=O)OC6CCCC6)C(=O)N5C4)cc(-c4cccs4)nc3c2c1. The van der Waals surface area contributed by atoms with Gasteiger partial charge in [0.25, 0.3) is 5.91 Å². The first-order valence-electron chi connectivity index (χ1n) is 21.0. The van der Waals surface area contributed by atoms with Crippen molar-refractivity contribution in [3.63, 3.8) is 0 Å². The van der Waals surface area contributed by atoms with Gasteiger partial charge in [-0.25, -0.2) is 18.2 Å². The van der Waals surface area contributed by atoms with Crippen LogP contribution in [-0.4, -0.2) is 90.9 Å². The summed E-state index contributed by atoms with van der Waals surface area (Å²) in [6, 6.07) is 8.98. The largest absolute Gasteiger partial charge is 0.497 e. The molecule has 1 aromatic carbocycles. The molecule has 5 aliphatic rings. The highest BCUT2D eigenvalue weighted by atomic mass is 32.2. The van der Waals surface area contributed by atoms with Crippen molar-refractivity contribution in [3.8, 4) is 22.1 Å². The molecule has 1 saturated heterocycles. The van der Waals surface area contributed by atoms with Gasteiger partial charge >= 0.3 is 6.09 Å². The standard InChI is InChI=1S/C43H49N5O10S2/c1-55-27-15-18-34-30(20-27)37-38(58-34)35(22-32(44-37)36-14-9-19-59-36)56-28-21-33-39(49)46-43(41(51)47-60(53,54)29-16-17-29)23-25(43)10-5-3-2-4-6-13-31(40(50)48(33)24-28)45-42(52)57-26-11-7-8-12-26/h5,9-10,14-15,18-20,22,25-26,28-29,31,33H,2-4,6-8,11-13,16-17,21,23-24H2,1H3,(H,45,52)(H,46,49)(H,47,51)/b10-5-/t25-,28-,31+,33+,43-/m1/s1. The third kappa shape index (κ3) is 8.17. The maximum absolute atomic E-state index is 14.8. The number of amides is 4. The molecule has 0 unspecified atom stereocenters. The van der Waals surface area contributed by atoms with Crippen LogP contribution in [0.1, 0.15) is 83.5 Å². The fraction of sp³-hybridized carbons (Fsp3) is 0.512. The summed E-state index contributed by atoms with van der Waals surface area (Å²) in [5, 5.41) is 7.79. The lowest BCUT2D eigenvalue weighted by atomic mass is 10.0. The number of sulfonamides is 1. The molecular weight excluding hydrogens is 811 g/mol. The highest BCUT2D eigenvalue weighted by molar-refractivity contribution is 7.91. The number of nitrogens with one attached hydrogen (secondary N) is 3. The van der Waals surface area contributed by atoms with Crippen LogP contribution >= 0.6 is 11.3 Å². The molecule has 60 heavy (non-hydrogen) atoms. The Kier molecular flexibility index (Phi) is 11.0. The Labute approximate surface area is 351 Å². The van der Waals surface area contributed by atoms with E-state index in [0.717, 1.165) is 48.8 Å². The highest BCUT2D eigenvalue weighted by Crippen LogP contribution is 2.46. The zero-order valence-corrected chi connectivity index (χ0v) is 35.0. The monoisotopic (exact) mass is 859 g/mol. The van der Waals surface area contributed by atoms with E-state index in [1.54, 1.807) is 25.3 Å². The van der Waals surface area contributed by atoms with E-state index in [0.29, 0.717) is 66.0 Å². The highest BCUT2D eigenvalue weighted by Gasteiger charge is 2.62. The van der Waals surface area contributed by atoms with E-state index in [2.05, 4.69) is 15.4 Å². The number of furan rings is 1. The van der Waals surface area contributed by atoms with Gasteiger partial charge in [-0.2, -0.15) is 0 Å². The van der Waals surface area contributed by atoms with Crippen LogP contribution in [-0.2, 0) is 29.1 Å². The van der Waals surface area contributed by atoms with Crippen LogP contribution in [0.2, 0.25) is 0 Å². The molecule has 5 heterocycles. The number of carbonyl (C=O) groups is 4. The van der Waals surface area contributed by atoms with E-state index in [9.17, 15) is 27.6 Å². The van der Waals surface area contributed by atoms with Gasteiger partial charge in [-0.05, 0) is 93.9 Å². The minimum atomic E-state index is -3.91. The Morgan fingerprint density at radius 1 is 1.02 bits per heavy atom. The van der Waals surface area contributed by atoms with Crippen LogP contribution in [0.4, 0.5) is 4.79 Å². The van der Waals surface area contributed by atoms with Crippen molar-refractivity contribution < 1.29 is 46.2 Å². The predicted octanol–water partition coefficient (Wildman–Crippen LogP) is 6.11. The van der Waals surface area contributed by atoms with E-state index < -0.39 is 68.7 Å². The lowest BCUT2D eigenvalue weighted by molar-refractivity contribution is -0.141. The Morgan fingerprint density at radius 2 is 1.83 bits per heavy atom. The van der Waals surface area contributed by atoms with Gasteiger partial charge in [0, 0.05) is 18.4 Å². The molecule has 0 radical (unpaired) electrons. The minimum absolute atomic E-state index is 0.0294. The van der Waals surface area contributed by atoms with E-state index in [1.165, 1.54) is 16.2 Å². The van der Waals surface area contributed by atoms with Crippen LogP contribution in [0, 0.1) is 5.92 Å². The van der Waals surface area contributed by atoms with E-state index in [4.69, 9.17) is 23.6 Å². The Balaban J connectivity index is 1.05. The molecule has 15 nitrogen and oxygen atoms in total. The number of thiophene rings is 1. The van der Waals surface area contributed by atoms with Gasteiger partial charge in [-0.3, -0.25) is 19.1 Å². The number of hydrogen-bond acceptors (Lipinski definition) is 12. The summed E-state index contributed by atoms with van der Waals surface area (Å²) in [6.07, 6.45) is 10.0. The molecular formula is C43H49N5O10S2. The predicted molar refractivity (Wildman–Crippen MR) is 223 cm³/mol. The van der Waals surface area contributed by atoms with Crippen molar-refractivity contribution >= 4 is 67.2 Å². The second-order valence-corrected chi connectivity index (χ2v) is 19.5. The fourth-order valence-electron chi connectivity index (χ4n) is 8.81. The van der Waals surface area contributed by atoms with E-state index in [1.807, 2.05) is 35.7 Å². The third-order valence-electron chi connectivity index (χ3n) is 12.4. The van der Waals surface area contributed by atoms with Crippen molar-refractivity contribution in [2.24, 2.45) is 5.92 Å². The minimum Gasteiger partial charge on any atom is -0.497 e. The first-order valence-corrected chi connectivity index (χ1v) is 23.4. The number of aromatic nitrogens is 1. The molecule has 3 saturated carbocycles. The summed E-state index contributed by atoms with van der Waals surface area (Å²) in [7, 11) is -2.33. The molecule has 4 aromatic rings. The first kappa shape index (κ1) is 40.3. The first-order chi connectivity index (χ1) is 29.0. The number of alkyl carbamates (subject to hydrolysis) is 1. The van der Waals surface area contributed by atoms with Crippen molar-refractivity contribution in [1.82, 2.24) is 25.2 Å². The molecule has 4 fully saturated rings. The average Bonchev–Trinajstić information content (AvgIpc) is 3.84. The number of nitrogens with zero attached hydrogens (tertiary/aromatic N) is 2. The number of benzene rings is 1. The smallest absolute Gasteiger partial charge is 0.408 e. The Hall–Kier alpha value is -5.16. The molecule has 318 valence electrons. The molecule has 3 aliphatic carbocycles. The van der Waals surface area contributed by atoms with Gasteiger partial charge < -0.3 is 34.2 Å². The topological polar surface area (TPSA) is 195 Å². The van der Waals surface area contributed by atoms with Crippen LogP contribution in [0.3, 0.4) is 0 Å². The van der Waals surface area contributed by atoms with Crippen molar-refractivity contribution in [1.29, 1.82) is 0 Å². The number of carbonyl (C=O) groups excluding carboxylic acids is 4. The molecule has 3 aromatic heterocycles. The van der Waals surface area contributed by atoms with Crippen LogP contribution in [0.15, 0.2) is 58.3 Å². The van der Waals surface area contributed by atoms with Crippen molar-refractivity contribution in [3.05, 3.63) is 53.9 Å². The van der Waals surface area contributed by atoms with Gasteiger partial charge in [-0.15, -0.1) is 11.3 Å². The van der Waals surface area contributed by atoms with Gasteiger partial charge in [0.15, 0.2) is 11.3 Å². The Morgan fingerprint density at radius 3 is 2.60 bits per heavy atom. The number of pyridine rings is 1. The van der Waals surface area contributed by atoms with E-state index >= 15 is 0 Å². The molecule has 17 heteroatoms. The lowest BCUT2D eigenvalue weighted by Gasteiger charge is -2.30. The second kappa shape index (κ2) is 16.4. The molecule has 2 aliphatic heterocycles. The van der Waals surface area contributed by atoms with Crippen molar-refractivity contribution in [2.75, 3.05) is 13.7 Å². The van der Waals surface area contributed by atoms with Crippen LogP contribution in [0.25, 0.3) is 32.6 Å². The summed E-state index contributed by atoms with van der Waals surface area (Å²) >= 11 is 1.51. The van der Waals surface area contributed by atoms with Gasteiger partial charge in [0.2, 0.25) is 21.8 Å². The summed E-state index contributed by atoms with van der Waals surface area (Å²) in [5.74, 6) is -1.34. The summed E-state index contributed by atoms with van der Waals surface area (Å²) in [6.45, 7) is -0.0302. The summed E-state index contributed by atoms with van der Waals surface area (Å²) in [4.78, 5) is 63.8. The molecule has 4 amide bonds. The summed E-state index contributed by atoms with van der Waals surface area (Å²) < 4.78 is 52.4. The van der Waals surface area contributed by atoms with Crippen LogP contribution in [0.5, 0.6) is 11.5 Å². The number of fused-ring (bicyclic) bond motifs is 5. The number of methoxy groups -OCH3 is 1. The van der Waals surface area contributed by atoms with Gasteiger partial charge in [0.1, 0.15) is 46.7 Å². The average molecular weight is 860 g/mol. The summed E-state index contributed by atoms with van der Waals surface area (Å²) in [5.41, 5.74) is 0.631. The van der Waals surface area contributed by atoms with Gasteiger partial charge in [-0.1, -0.05) is 31.1 Å². The Bertz CT molecular complexity index is 2440. The zero-order valence-electron chi connectivity index (χ0n) is 33.4. The molecule has 5 atom stereocenters. The maximum atomic E-state index is 14.8. The third-order valence-corrected chi connectivity index (χ3v) is 15.1. The zero-order chi connectivity index (χ0) is 41.6. The molecule has 0 spiro atoms. The maximum Gasteiger partial charge on any atom is 0.408 e. The molecule has 3 N–H and O–H groups in total. The fourth-order valence-corrected chi connectivity index (χ4v) is 10.9. The second-order valence-electron chi connectivity index (χ2n) is 16.6. The number of allylic oxidation sites excluding steroid dienone is 1. The quantitative estimate of drug-likeness (QED) is 0.165. The lowest BCUT2D eigenvalue weighted by Crippen LogP contribution is -2.58. The van der Waals surface area contributed by atoms with Crippen molar-refractivity contribution in [2.45, 2.75) is 119 Å². The molecule has 0 bridgehead atoms. The molecule has 9 rings (SSSR count).